The van der Waals surface area contributed by atoms with E-state index in [0.717, 1.165) is 11.1 Å². The van der Waals surface area contributed by atoms with Gasteiger partial charge < -0.3 is 14.4 Å². The molecule has 3 rings (SSSR count). The van der Waals surface area contributed by atoms with Gasteiger partial charge in [0.25, 0.3) is 0 Å². The lowest BCUT2D eigenvalue weighted by Crippen LogP contribution is -2.43. The number of benzene rings is 2. The maximum atomic E-state index is 14.8. The average Bonchev–Trinajstić information content (AvgIpc) is 2.66. The lowest BCUT2D eigenvalue weighted by atomic mass is 9.86. The number of fused-ring (bicyclic) bond motifs is 1. The van der Waals surface area contributed by atoms with Crippen LogP contribution in [-0.4, -0.2) is 31.6 Å². The third-order valence-electron chi connectivity index (χ3n) is 4.92. The van der Waals surface area contributed by atoms with Crippen molar-refractivity contribution < 1.29 is 18.7 Å². The molecule has 0 aliphatic carbocycles. The SMILES string of the molecule is COc1cc2c(cc1OC)C(c1c(F)cccc1Cl)N(C(=O)C(C)C)CC2. The Kier molecular flexibility index (Phi) is 5.61. The smallest absolute Gasteiger partial charge is 0.225 e. The van der Waals surface area contributed by atoms with Crippen molar-refractivity contribution >= 4 is 17.5 Å². The molecule has 4 nitrogen and oxygen atoms in total. The number of hydrogen-bond acceptors (Lipinski definition) is 3. The summed E-state index contributed by atoms with van der Waals surface area (Å²) in [6.45, 7) is 4.16. The first-order valence-electron chi connectivity index (χ1n) is 8.88. The molecule has 1 amide bonds. The second-order valence-electron chi connectivity index (χ2n) is 6.88. The van der Waals surface area contributed by atoms with Crippen molar-refractivity contribution in [1.82, 2.24) is 4.90 Å². The minimum Gasteiger partial charge on any atom is -0.493 e. The Balaban J connectivity index is 2.25. The minimum atomic E-state index is -0.614. The van der Waals surface area contributed by atoms with E-state index < -0.39 is 11.9 Å². The Bertz CT molecular complexity index is 848. The van der Waals surface area contributed by atoms with Crippen molar-refractivity contribution in [2.45, 2.75) is 26.3 Å². The van der Waals surface area contributed by atoms with Gasteiger partial charge in [0.1, 0.15) is 5.82 Å². The van der Waals surface area contributed by atoms with Gasteiger partial charge in [-0.2, -0.15) is 0 Å². The molecule has 0 saturated heterocycles. The predicted octanol–water partition coefficient (Wildman–Crippen LogP) is 4.63. The standard InChI is InChI=1S/C21H23ClFNO3/c1-12(2)21(25)24-9-8-13-10-17(26-3)18(27-4)11-14(13)20(24)19-15(22)6-5-7-16(19)23/h5-7,10-12,20H,8-9H2,1-4H3. The largest absolute Gasteiger partial charge is 0.493 e. The molecular weight excluding hydrogens is 369 g/mol. The molecule has 0 radical (unpaired) electrons. The van der Waals surface area contributed by atoms with Crippen molar-refractivity contribution in [3.05, 3.63) is 57.9 Å². The number of nitrogens with zero attached hydrogens (tertiary/aromatic N) is 1. The van der Waals surface area contributed by atoms with E-state index >= 15 is 0 Å². The molecule has 2 aromatic carbocycles. The number of carbonyl (C=O) groups is 1. The highest BCUT2D eigenvalue weighted by Crippen LogP contribution is 2.43. The first-order chi connectivity index (χ1) is 12.9. The third-order valence-corrected chi connectivity index (χ3v) is 5.25. The molecule has 1 heterocycles. The highest BCUT2D eigenvalue weighted by atomic mass is 35.5. The van der Waals surface area contributed by atoms with Gasteiger partial charge >= 0.3 is 0 Å². The van der Waals surface area contributed by atoms with Crippen LogP contribution in [0.25, 0.3) is 0 Å². The van der Waals surface area contributed by atoms with E-state index in [0.29, 0.717) is 35.1 Å². The fourth-order valence-electron chi connectivity index (χ4n) is 3.60. The molecule has 1 unspecified atom stereocenters. The lowest BCUT2D eigenvalue weighted by Gasteiger charge is -2.39. The molecule has 0 spiro atoms. The normalized spacial score (nSPS) is 16.3. The zero-order valence-corrected chi connectivity index (χ0v) is 16.6. The number of hydrogen-bond donors (Lipinski definition) is 0. The van der Waals surface area contributed by atoms with Gasteiger partial charge in [0.05, 0.1) is 20.3 Å². The molecule has 27 heavy (non-hydrogen) atoms. The molecule has 6 heteroatoms. The van der Waals surface area contributed by atoms with Crippen LogP contribution in [-0.2, 0) is 11.2 Å². The zero-order chi connectivity index (χ0) is 19.7. The number of halogens is 2. The molecule has 1 aliphatic heterocycles. The van der Waals surface area contributed by atoms with Crippen molar-refractivity contribution in [2.24, 2.45) is 5.92 Å². The van der Waals surface area contributed by atoms with Crippen molar-refractivity contribution in [1.29, 1.82) is 0 Å². The van der Waals surface area contributed by atoms with Crippen LogP contribution in [0.1, 0.15) is 36.6 Å². The van der Waals surface area contributed by atoms with E-state index in [9.17, 15) is 9.18 Å². The minimum absolute atomic E-state index is 0.0419. The second kappa shape index (κ2) is 7.77. The Morgan fingerprint density at radius 2 is 1.89 bits per heavy atom. The number of ether oxygens (including phenoxy) is 2. The molecule has 0 N–H and O–H groups in total. The first kappa shape index (κ1) is 19.5. The van der Waals surface area contributed by atoms with E-state index in [1.54, 1.807) is 31.3 Å². The van der Waals surface area contributed by atoms with Gasteiger partial charge in [0.15, 0.2) is 11.5 Å². The van der Waals surface area contributed by atoms with Gasteiger partial charge in [-0.05, 0) is 41.8 Å². The number of rotatable bonds is 4. The van der Waals surface area contributed by atoms with Gasteiger partial charge in [-0.15, -0.1) is 0 Å². The zero-order valence-electron chi connectivity index (χ0n) is 15.9. The molecular formula is C21H23ClFNO3. The van der Waals surface area contributed by atoms with E-state index in [-0.39, 0.29) is 11.8 Å². The van der Waals surface area contributed by atoms with E-state index in [1.807, 2.05) is 26.0 Å². The summed E-state index contributed by atoms with van der Waals surface area (Å²) < 4.78 is 25.6. The Morgan fingerprint density at radius 3 is 2.48 bits per heavy atom. The molecule has 2 aromatic rings. The van der Waals surface area contributed by atoms with Gasteiger partial charge in [-0.25, -0.2) is 4.39 Å². The van der Waals surface area contributed by atoms with Crippen molar-refractivity contribution in [3.8, 4) is 11.5 Å². The lowest BCUT2D eigenvalue weighted by molar-refractivity contribution is -0.136. The van der Waals surface area contributed by atoms with Crippen molar-refractivity contribution in [2.75, 3.05) is 20.8 Å². The fourth-order valence-corrected chi connectivity index (χ4v) is 3.86. The summed E-state index contributed by atoms with van der Waals surface area (Å²) >= 11 is 6.38. The summed E-state index contributed by atoms with van der Waals surface area (Å²) in [4.78, 5) is 14.6. The van der Waals surface area contributed by atoms with E-state index in [2.05, 4.69) is 0 Å². The summed E-state index contributed by atoms with van der Waals surface area (Å²) in [5.41, 5.74) is 2.10. The summed E-state index contributed by atoms with van der Waals surface area (Å²) in [6.07, 6.45) is 0.650. The Labute approximate surface area is 163 Å². The second-order valence-corrected chi connectivity index (χ2v) is 7.29. The van der Waals surface area contributed by atoms with Gasteiger partial charge in [0.2, 0.25) is 5.91 Å². The molecule has 144 valence electrons. The molecule has 0 bridgehead atoms. The van der Waals surface area contributed by atoms with Crippen LogP contribution in [0.15, 0.2) is 30.3 Å². The highest BCUT2D eigenvalue weighted by Gasteiger charge is 2.36. The van der Waals surface area contributed by atoms with Crippen LogP contribution in [0.4, 0.5) is 4.39 Å². The summed E-state index contributed by atoms with van der Waals surface area (Å²) in [5, 5.41) is 0.296. The molecule has 0 fully saturated rings. The first-order valence-corrected chi connectivity index (χ1v) is 9.26. The van der Waals surface area contributed by atoms with Crippen LogP contribution in [0.2, 0.25) is 5.02 Å². The van der Waals surface area contributed by atoms with Gasteiger partial charge in [-0.1, -0.05) is 31.5 Å². The van der Waals surface area contributed by atoms with Gasteiger partial charge in [0, 0.05) is 23.0 Å². The van der Waals surface area contributed by atoms with Crippen LogP contribution in [0, 0.1) is 11.7 Å². The molecule has 0 aromatic heterocycles. The monoisotopic (exact) mass is 391 g/mol. The maximum absolute atomic E-state index is 14.8. The average molecular weight is 392 g/mol. The van der Waals surface area contributed by atoms with Crippen LogP contribution >= 0.6 is 11.6 Å². The summed E-state index contributed by atoms with van der Waals surface area (Å²) in [6, 6.07) is 7.68. The summed E-state index contributed by atoms with van der Waals surface area (Å²) in [7, 11) is 3.13. The Morgan fingerprint density at radius 1 is 1.22 bits per heavy atom. The van der Waals surface area contributed by atoms with Gasteiger partial charge in [-0.3, -0.25) is 4.79 Å². The predicted molar refractivity (Wildman–Crippen MR) is 103 cm³/mol. The molecule has 1 aliphatic rings. The van der Waals surface area contributed by atoms with Crippen molar-refractivity contribution in [3.63, 3.8) is 0 Å². The highest BCUT2D eigenvalue weighted by molar-refractivity contribution is 6.31. The van der Waals surface area contributed by atoms with Crippen LogP contribution in [0.3, 0.4) is 0 Å². The third kappa shape index (κ3) is 3.48. The quantitative estimate of drug-likeness (QED) is 0.763. The fraction of sp³-hybridized carbons (Fsp3) is 0.381. The number of amides is 1. The molecule has 1 atom stereocenters. The summed E-state index contributed by atoms with van der Waals surface area (Å²) in [5.74, 6) is 0.460. The topological polar surface area (TPSA) is 38.8 Å². The Hall–Kier alpha value is -2.27. The molecule has 0 saturated carbocycles. The number of carbonyl (C=O) groups excluding carboxylic acids is 1. The maximum Gasteiger partial charge on any atom is 0.225 e. The number of methoxy groups -OCH3 is 2. The van der Waals surface area contributed by atoms with E-state index in [4.69, 9.17) is 21.1 Å². The van der Waals surface area contributed by atoms with Crippen LogP contribution < -0.4 is 9.47 Å². The van der Waals surface area contributed by atoms with Crippen LogP contribution in [0.5, 0.6) is 11.5 Å². The van der Waals surface area contributed by atoms with E-state index in [1.165, 1.54) is 6.07 Å².